The van der Waals surface area contributed by atoms with E-state index in [2.05, 4.69) is 68.0 Å². The van der Waals surface area contributed by atoms with Gasteiger partial charge in [-0.1, -0.05) is 47.5 Å². The molecular formula is C45H72Cl2N6O4. The number of likely N-dealkylation sites (tertiary alicyclic amines) is 1. The van der Waals surface area contributed by atoms with Gasteiger partial charge in [-0.25, -0.2) is 4.79 Å². The second-order valence-corrected chi connectivity index (χ2v) is 18.2. The van der Waals surface area contributed by atoms with E-state index in [-0.39, 0.29) is 12.1 Å². The lowest BCUT2D eigenvalue weighted by molar-refractivity contribution is -0.140. The highest BCUT2D eigenvalue weighted by molar-refractivity contribution is 6.30. The third kappa shape index (κ3) is 17.0. The number of ether oxygens (including phenoxy) is 2. The predicted molar refractivity (Wildman–Crippen MR) is 235 cm³/mol. The van der Waals surface area contributed by atoms with Gasteiger partial charge in [0.15, 0.2) is 0 Å². The lowest BCUT2D eigenvalue weighted by Gasteiger charge is -2.42. The van der Waals surface area contributed by atoms with Crippen molar-refractivity contribution in [1.82, 2.24) is 29.8 Å². The van der Waals surface area contributed by atoms with E-state index >= 15 is 0 Å². The zero-order valence-corrected chi connectivity index (χ0v) is 37.5. The minimum absolute atomic E-state index is 0.177. The summed E-state index contributed by atoms with van der Waals surface area (Å²) in [4.78, 5) is 34.6. The number of nitrogens with zero attached hydrogens (tertiary/aromatic N) is 5. The topological polar surface area (TPSA) is 80.8 Å². The molecule has 6 rings (SSSR count). The molecule has 4 saturated heterocycles. The number of carbonyl (C=O) groups excluding carboxylic acids is 2. The molecule has 0 aliphatic carbocycles. The summed E-state index contributed by atoms with van der Waals surface area (Å²) < 4.78 is 9.96. The summed E-state index contributed by atoms with van der Waals surface area (Å²) in [6, 6.07) is 19.1. The van der Waals surface area contributed by atoms with E-state index in [0.717, 1.165) is 74.5 Å². The molecule has 320 valence electrons. The van der Waals surface area contributed by atoms with Crippen LogP contribution < -0.4 is 5.32 Å². The number of rotatable bonds is 7. The quantitative estimate of drug-likeness (QED) is 0.286. The maximum atomic E-state index is 12.4. The van der Waals surface area contributed by atoms with Gasteiger partial charge in [0.2, 0.25) is 0 Å². The summed E-state index contributed by atoms with van der Waals surface area (Å²) >= 11 is 12.1. The SMILES string of the molecule is CCOC(C)=O.CN1CCCN(C2CCN(C(=O)OC(C)(C)C)CC2)C(Cc2ccc(Cl)cc2)C1.CN1CCCN(C2CCNCC2)C(Cc2ccc(Cl)cc2)C1. The molecule has 4 aliphatic rings. The van der Waals surface area contributed by atoms with Crippen LogP contribution in [0.25, 0.3) is 0 Å². The van der Waals surface area contributed by atoms with Gasteiger partial charge in [0, 0.05) is 80.4 Å². The number of halogens is 2. The Hall–Kier alpha value is -2.44. The van der Waals surface area contributed by atoms with Crippen molar-refractivity contribution in [3.8, 4) is 0 Å². The molecule has 12 heteroatoms. The van der Waals surface area contributed by atoms with E-state index in [1.165, 1.54) is 76.5 Å². The van der Waals surface area contributed by atoms with Crippen molar-refractivity contribution in [1.29, 1.82) is 0 Å². The number of hydrogen-bond acceptors (Lipinski definition) is 9. The Morgan fingerprint density at radius 2 is 1.14 bits per heavy atom. The summed E-state index contributed by atoms with van der Waals surface area (Å²) in [6.45, 7) is 20.3. The van der Waals surface area contributed by atoms with Gasteiger partial charge in [-0.15, -0.1) is 0 Å². The number of hydrogen-bond donors (Lipinski definition) is 1. The lowest BCUT2D eigenvalue weighted by Crippen LogP contribution is -2.52. The Balaban J connectivity index is 0.000000227. The van der Waals surface area contributed by atoms with Gasteiger partial charge < -0.3 is 29.5 Å². The van der Waals surface area contributed by atoms with Gasteiger partial charge in [-0.05, 0) is 155 Å². The fourth-order valence-corrected chi connectivity index (χ4v) is 8.93. The number of piperidine rings is 2. The van der Waals surface area contributed by atoms with Crippen molar-refractivity contribution in [2.75, 3.05) is 86.1 Å². The van der Waals surface area contributed by atoms with E-state index in [4.69, 9.17) is 27.9 Å². The Kier molecular flexibility index (Phi) is 19.9. The molecule has 0 saturated carbocycles. The Morgan fingerprint density at radius 3 is 1.53 bits per heavy atom. The molecule has 0 aromatic heterocycles. The lowest BCUT2D eigenvalue weighted by atomic mass is 9.97. The van der Waals surface area contributed by atoms with Gasteiger partial charge in [-0.2, -0.15) is 0 Å². The van der Waals surface area contributed by atoms with Gasteiger partial charge >= 0.3 is 12.1 Å². The van der Waals surface area contributed by atoms with Crippen LogP contribution in [0.1, 0.15) is 84.3 Å². The molecule has 10 nitrogen and oxygen atoms in total. The summed E-state index contributed by atoms with van der Waals surface area (Å²) in [6.07, 6.45) is 9.09. The number of amides is 1. The fraction of sp³-hybridized carbons (Fsp3) is 0.689. The van der Waals surface area contributed by atoms with E-state index in [1.807, 2.05) is 49.9 Å². The molecule has 4 aliphatic heterocycles. The number of carbonyl (C=O) groups is 2. The number of benzene rings is 2. The molecule has 57 heavy (non-hydrogen) atoms. The molecule has 4 fully saturated rings. The minimum atomic E-state index is -0.438. The summed E-state index contributed by atoms with van der Waals surface area (Å²) in [7, 11) is 4.49. The molecule has 2 unspecified atom stereocenters. The third-order valence-electron chi connectivity index (χ3n) is 11.4. The second kappa shape index (κ2) is 24.0. The average molecular weight is 832 g/mol. The first kappa shape index (κ1) is 47.2. The number of likely N-dealkylation sites (N-methyl/N-ethyl adjacent to an activating group) is 2. The highest BCUT2D eigenvalue weighted by Crippen LogP contribution is 2.26. The summed E-state index contributed by atoms with van der Waals surface area (Å²) in [5.74, 6) is -0.211. The van der Waals surface area contributed by atoms with Crippen molar-refractivity contribution in [2.24, 2.45) is 0 Å². The van der Waals surface area contributed by atoms with Crippen LogP contribution in [0.2, 0.25) is 10.0 Å². The number of esters is 1. The van der Waals surface area contributed by atoms with Crippen LogP contribution in [-0.4, -0.2) is 152 Å². The van der Waals surface area contributed by atoms with Crippen LogP contribution in [0.4, 0.5) is 4.79 Å². The van der Waals surface area contributed by atoms with Gasteiger partial charge in [0.05, 0.1) is 6.61 Å². The fourth-order valence-electron chi connectivity index (χ4n) is 8.68. The maximum absolute atomic E-state index is 12.4. The van der Waals surface area contributed by atoms with E-state index in [1.54, 1.807) is 6.92 Å². The van der Waals surface area contributed by atoms with E-state index < -0.39 is 5.60 Å². The van der Waals surface area contributed by atoms with Crippen LogP contribution in [0.3, 0.4) is 0 Å². The molecule has 2 aromatic carbocycles. The van der Waals surface area contributed by atoms with Gasteiger partial charge in [0.25, 0.3) is 0 Å². The smallest absolute Gasteiger partial charge is 0.410 e. The van der Waals surface area contributed by atoms with Crippen LogP contribution in [-0.2, 0) is 27.1 Å². The molecule has 2 aromatic rings. The van der Waals surface area contributed by atoms with Crippen molar-refractivity contribution in [3.05, 3.63) is 69.7 Å². The highest BCUT2D eigenvalue weighted by atomic mass is 35.5. The van der Waals surface area contributed by atoms with Gasteiger partial charge in [0.1, 0.15) is 5.60 Å². The predicted octanol–water partition coefficient (Wildman–Crippen LogP) is 7.50. The molecule has 0 spiro atoms. The normalized spacial score (nSPS) is 22.6. The Bertz CT molecular complexity index is 1460. The van der Waals surface area contributed by atoms with E-state index in [9.17, 15) is 9.59 Å². The van der Waals surface area contributed by atoms with Crippen molar-refractivity contribution >= 4 is 35.3 Å². The van der Waals surface area contributed by atoms with Crippen LogP contribution in [0, 0.1) is 0 Å². The minimum Gasteiger partial charge on any atom is -0.466 e. The standard InChI is InChI=1S/C23H36ClN3O2.C18H28ClN3.C4H8O2/c1-23(2,3)29-22(28)26-14-10-20(11-15-26)27-13-5-12-25(4)17-21(27)16-18-6-8-19(24)9-7-18;1-21-11-2-12-22(17-7-9-20-10-8-17)18(14-21)13-15-3-5-16(19)6-4-15;1-3-6-4(2)5/h6-9,20-21H,5,10-17H2,1-4H3;3-6,17-18,20H,2,7-14H2,1H3;3H2,1-2H3. The Morgan fingerprint density at radius 1 is 0.702 bits per heavy atom. The first-order chi connectivity index (χ1) is 27.2. The van der Waals surface area contributed by atoms with Crippen LogP contribution in [0.15, 0.2) is 48.5 Å². The van der Waals surface area contributed by atoms with Crippen molar-refractivity contribution in [2.45, 2.75) is 116 Å². The van der Waals surface area contributed by atoms with Crippen molar-refractivity contribution < 1.29 is 19.1 Å². The number of nitrogens with one attached hydrogen (secondary N) is 1. The largest absolute Gasteiger partial charge is 0.466 e. The zero-order valence-electron chi connectivity index (χ0n) is 36.0. The van der Waals surface area contributed by atoms with Gasteiger partial charge in [-0.3, -0.25) is 14.6 Å². The van der Waals surface area contributed by atoms with E-state index in [0.29, 0.717) is 24.7 Å². The molecule has 0 bridgehead atoms. The first-order valence-corrected chi connectivity index (χ1v) is 22.2. The zero-order chi connectivity index (χ0) is 41.4. The molecule has 0 radical (unpaired) electrons. The Labute approximate surface area is 354 Å². The van der Waals surface area contributed by atoms with Crippen LogP contribution in [0.5, 0.6) is 0 Å². The molecule has 4 heterocycles. The summed E-state index contributed by atoms with van der Waals surface area (Å²) in [5.41, 5.74) is 2.31. The second-order valence-electron chi connectivity index (χ2n) is 17.3. The summed E-state index contributed by atoms with van der Waals surface area (Å²) in [5, 5.41) is 5.12. The monoisotopic (exact) mass is 830 g/mol. The molecular weight excluding hydrogens is 759 g/mol. The average Bonchev–Trinajstić information content (AvgIpc) is 3.47. The third-order valence-corrected chi connectivity index (χ3v) is 11.9. The molecule has 1 N–H and O–H groups in total. The molecule has 1 amide bonds. The van der Waals surface area contributed by atoms with Crippen molar-refractivity contribution in [3.63, 3.8) is 0 Å². The molecule has 2 atom stereocenters. The first-order valence-electron chi connectivity index (χ1n) is 21.4. The highest BCUT2D eigenvalue weighted by Gasteiger charge is 2.34. The maximum Gasteiger partial charge on any atom is 0.410 e. The van der Waals surface area contributed by atoms with Crippen LogP contribution >= 0.6 is 23.2 Å².